The minimum Gasteiger partial charge on any atom is -0.345 e. The van der Waals surface area contributed by atoms with Crippen molar-refractivity contribution >= 4 is 22.4 Å². The average molecular weight is 365 g/mol. The summed E-state index contributed by atoms with van der Waals surface area (Å²) in [6.45, 7) is 1.65. The lowest BCUT2D eigenvalue weighted by Crippen LogP contribution is -2.49. The van der Waals surface area contributed by atoms with Crippen molar-refractivity contribution in [2.45, 2.75) is 6.18 Å². The van der Waals surface area contributed by atoms with E-state index in [1.165, 1.54) is 34.4 Å². The first-order chi connectivity index (χ1) is 11.9. The number of nitrogens with zero attached hydrogens (tertiary/aromatic N) is 3. The summed E-state index contributed by atoms with van der Waals surface area (Å²) >= 11 is 1.38. The molecule has 4 nitrogen and oxygen atoms in total. The number of carbonyl (C=O) groups is 1. The topological polar surface area (TPSA) is 36.4 Å². The van der Waals surface area contributed by atoms with Gasteiger partial charge in [-0.15, -0.1) is 6.42 Å². The van der Waals surface area contributed by atoms with Gasteiger partial charge in [-0.3, -0.25) is 4.79 Å². The van der Waals surface area contributed by atoms with Crippen molar-refractivity contribution in [1.82, 2.24) is 9.88 Å². The number of amides is 1. The highest BCUT2D eigenvalue weighted by atomic mass is 32.1. The Labute approximate surface area is 146 Å². The molecule has 8 heteroatoms. The van der Waals surface area contributed by atoms with E-state index in [-0.39, 0.29) is 5.56 Å². The molecule has 3 rings (SSSR count). The Morgan fingerprint density at radius 1 is 1.20 bits per heavy atom. The molecule has 0 saturated carbocycles. The predicted molar refractivity (Wildman–Crippen MR) is 89.6 cm³/mol. The number of piperazine rings is 1. The van der Waals surface area contributed by atoms with Crippen LogP contribution < -0.4 is 4.90 Å². The van der Waals surface area contributed by atoms with Gasteiger partial charge in [0.05, 0.1) is 22.2 Å². The van der Waals surface area contributed by atoms with E-state index in [0.717, 1.165) is 11.2 Å². The second kappa shape index (κ2) is 6.76. The highest BCUT2D eigenvalue weighted by Crippen LogP contribution is 2.32. The minimum absolute atomic E-state index is 0.313. The van der Waals surface area contributed by atoms with Crippen LogP contribution in [0.5, 0.6) is 0 Å². The molecular weight excluding hydrogens is 351 g/mol. The number of carbonyl (C=O) groups excluding carboxylic acids is 1. The number of hydrogen-bond donors (Lipinski definition) is 0. The number of halogens is 3. The van der Waals surface area contributed by atoms with E-state index in [1.54, 1.807) is 6.20 Å². The van der Waals surface area contributed by atoms with Crippen LogP contribution in [-0.2, 0) is 6.18 Å². The number of hydrogen-bond acceptors (Lipinski definition) is 4. The van der Waals surface area contributed by atoms with Crippen LogP contribution in [0.2, 0.25) is 0 Å². The van der Waals surface area contributed by atoms with Crippen molar-refractivity contribution in [2.24, 2.45) is 0 Å². The standard InChI is InChI=1S/C17H14F3N3OS/c1-2-12-11-21-16(25-12)23-9-7-22(8-10-23)15(24)13-5-3-4-6-14(13)17(18,19)20/h1,3-6,11H,7-10H2. The summed E-state index contributed by atoms with van der Waals surface area (Å²) in [5.74, 6) is 1.91. The van der Waals surface area contributed by atoms with Crippen molar-refractivity contribution in [2.75, 3.05) is 31.1 Å². The maximum atomic E-state index is 13.1. The van der Waals surface area contributed by atoms with Crippen LogP contribution in [0.3, 0.4) is 0 Å². The summed E-state index contributed by atoms with van der Waals surface area (Å²) in [6.07, 6.45) is 2.38. The van der Waals surface area contributed by atoms with Gasteiger partial charge in [-0.1, -0.05) is 29.4 Å². The molecule has 0 radical (unpaired) electrons. The molecule has 25 heavy (non-hydrogen) atoms. The number of aromatic nitrogens is 1. The average Bonchev–Trinajstić information content (AvgIpc) is 3.10. The molecule has 1 aromatic carbocycles. The van der Waals surface area contributed by atoms with Crippen molar-refractivity contribution in [3.05, 3.63) is 46.5 Å². The normalized spacial score (nSPS) is 15.1. The Balaban J connectivity index is 1.71. The molecule has 0 spiro atoms. The Kier molecular flexibility index (Phi) is 4.68. The van der Waals surface area contributed by atoms with Crippen molar-refractivity contribution in [3.8, 4) is 12.3 Å². The number of rotatable bonds is 2. The van der Waals surface area contributed by atoms with E-state index in [0.29, 0.717) is 31.1 Å². The van der Waals surface area contributed by atoms with Crippen LogP contribution in [0.15, 0.2) is 30.5 Å². The lowest BCUT2D eigenvalue weighted by Gasteiger charge is -2.35. The molecule has 1 aromatic heterocycles. The van der Waals surface area contributed by atoms with E-state index in [4.69, 9.17) is 6.42 Å². The lowest BCUT2D eigenvalue weighted by atomic mass is 10.1. The second-order valence-electron chi connectivity index (χ2n) is 5.47. The first kappa shape index (κ1) is 17.3. The molecule has 0 N–H and O–H groups in total. The smallest absolute Gasteiger partial charge is 0.345 e. The third-order valence-electron chi connectivity index (χ3n) is 3.94. The Hall–Kier alpha value is -2.53. The third-order valence-corrected chi connectivity index (χ3v) is 4.93. The summed E-state index contributed by atoms with van der Waals surface area (Å²) in [4.78, 5) is 20.9. The molecule has 1 aliphatic rings. The fourth-order valence-electron chi connectivity index (χ4n) is 2.67. The van der Waals surface area contributed by atoms with Crippen molar-refractivity contribution < 1.29 is 18.0 Å². The molecule has 130 valence electrons. The van der Waals surface area contributed by atoms with Gasteiger partial charge < -0.3 is 9.80 Å². The summed E-state index contributed by atoms with van der Waals surface area (Å²) in [5.41, 5.74) is -1.21. The SMILES string of the molecule is C#Cc1cnc(N2CCN(C(=O)c3ccccc3C(F)(F)F)CC2)s1. The minimum atomic E-state index is -4.55. The van der Waals surface area contributed by atoms with E-state index < -0.39 is 17.6 Å². The van der Waals surface area contributed by atoms with Gasteiger partial charge in [0, 0.05) is 26.2 Å². The molecule has 0 unspecified atom stereocenters. The van der Waals surface area contributed by atoms with Gasteiger partial charge >= 0.3 is 6.18 Å². The zero-order valence-electron chi connectivity index (χ0n) is 13.1. The number of thiazole rings is 1. The van der Waals surface area contributed by atoms with Gasteiger partial charge in [0.2, 0.25) is 0 Å². The first-order valence-electron chi connectivity index (χ1n) is 7.53. The van der Waals surface area contributed by atoms with Crippen LogP contribution in [0.1, 0.15) is 20.8 Å². The fourth-order valence-corrected chi connectivity index (χ4v) is 3.44. The lowest BCUT2D eigenvalue weighted by molar-refractivity contribution is -0.138. The van der Waals surface area contributed by atoms with Gasteiger partial charge in [0.15, 0.2) is 5.13 Å². The highest BCUT2D eigenvalue weighted by Gasteiger charge is 2.36. The van der Waals surface area contributed by atoms with Crippen molar-refractivity contribution in [3.63, 3.8) is 0 Å². The van der Waals surface area contributed by atoms with Crippen LogP contribution in [0.25, 0.3) is 0 Å². The zero-order valence-corrected chi connectivity index (χ0v) is 13.9. The van der Waals surface area contributed by atoms with Gasteiger partial charge in [-0.25, -0.2) is 4.98 Å². The molecular formula is C17H14F3N3OS. The van der Waals surface area contributed by atoms with E-state index >= 15 is 0 Å². The van der Waals surface area contributed by atoms with Crippen LogP contribution in [0, 0.1) is 12.3 Å². The fraction of sp³-hybridized carbons (Fsp3) is 0.294. The Morgan fingerprint density at radius 2 is 1.88 bits per heavy atom. The summed E-state index contributed by atoms with van der Waals surface area (Å²) < 4.78 is 39.3. The van der Waals surface area contributed by atoms with Crippen LogP contribution in [0.4, 0.5) is 18.3 Å². The highest BCUT2D eigenvalue weighted by molar-refractivity contribution is 7.16. The number of anilines is 1. The first-order valence-corrected chi connectivity index (χ1v) is 8.34. The largest absolute Gasteiger partial charge is 0.417 e. The molecule has 1 saturated heterocycles. The molecule has 0 aliphatic carbocycles. The number of terminal acetylenes is 1. The molecule has 2 aromatic rings. The van der Waals surface area contributed by atoms with Gasteiger partial charge in [0.1, 0.15) is 0 Å². The summed E-state index contributed by atoms with van der Waals surface area (Å²) in [6, 6.07) is 4.87. The third kappa shape index (κ3) is 3.61. The Morgan fingerprint density at radius 3 is 2.48 bits per heavy atom. The van der Waals surface area contributed by atoms with Crippen LogP contribution in [-0.4, -0.2) is 42.0 Å². The number of benzene rings is 1. The van der Waals surface area contributed by atoms with E-state index in [2.05, 4.69) is 10.9 Å². The molecule has 0 bridgehead atoms. The number of alkyl halides is 3. The molecule has 1 fully saturated rings. The molecule has 2 heterocycles. The monoisotopic (exact) mass is 365 g/mol. The maximum Gasteiger partial charge on any atom is 0.417 e. The second-order valence-corrected chi connectivity index (χ2v) is 6.48. The summed E-state index contributed by atoms with van der Waals surface area (Å²) in [5, 5.41) is 0.760. The van der Waals surface area contributed by atoms with Gasteiger partial charge in [-0.05, 0) is 12.1 Å². The summed E-state index contributed by atoms with van der Waals surface area (Å²) in [7, 11) is 0. The maximum absolute atomic E-state index is 13.1. The Bertz CT molecular complexity index is 817. The van der Waals surface area contributed by atoms with Gasteiger partial charge in [-0.2, -0.15) is 13.2 Å². The van der Waals surface area contributed by atoms with E-state index in [9.17, 15) is 18.0 Å². The van der Waals surface area contributed by atoms with Crippen LogP contribution >= 0.6 is 11.3 Å². The molecule has 1 amide bonds. The van der Waals surface area contributed by atoms with Crippen molar-refractivity contribution in [1.29, 1.82) is 0 Å². The van der Waals surface area contributed by atoms with E-state index in [1.807, 2.05) is 4.90 Å². The molecule has 0 atom stereocenters. The molecule has 1 aliphatic heterocycles. The zero-order chi connectivity index (χ0) is 18.0. The quantitative estimate of drug-likeness (QED) is 0.768. The van der Waals surface area contributed by atoms with Gasteiger partial charge in [0.25, 0.3) is 5.91 Å². The predicted octanol–water partition coefficient (Wildman–Crippen LogP) is 3.11.